The van der Waals surface area contributed by atoms with Crippen molar-refractivity contribution in [1.82, 2.24) is 5.32 Å². The van der Waals surface area contributed by atoms with Gasteiger partial charge in [-0.2, -0.15) is 0 Å². The van der Waals surface area contributed by atoms with Crippen molar-refractivity contribution < 1.29 is 4.39 Å². The first kappa shape index (κ1) is 7.50. The first-order valence-corrected chi connectivity index (χ1v) is 4.02. The second-order valence-electron chi connectivity index (χ2n) is 2.88. The highest BCUT2D eigenvalue weighted by molar-refractivity contribution is 5.54. The molecule has 2 heteroatoms. The fourth-order valence-electron chi connectivity index (χ4n) is 1.36. The zero-order valence-corrected chi connectivity index (χ0v) is 6.68. The maximum Gasteiger partial charge on any atom is 0.123 e. The molecule has 0 bridgehead atoms. The number of rotatable bonds is 0. The van der Waals surface area contributed by atoms with Crippen LogP contribution in [-0.2, 0) is 6.54 Å². The van der Waals surface area contributed by atoms with E-state index in [1.807, 2.05) is 18.2 Å². The molecule has 1 nitrogen and oxygen atoms in total. The maximum atomic E-state index is 12.8. The zero-order chi connectivity index (χ0) is 8.39. The van der Waals surface area contributed by atoms with Crippen LogP contribution in [0.2, 0.25) is 0 Å². The predicted octanol–water partition coefficient (Wildman–Crippen LogP) is 1.94. The molecule has 1 heterocycles. The molecule has 1 N–H and O–H groups in total. The topological polar surface area (TPSA) is 12.0 Å². The molecule has 1 aromatic carbocycles. The molecule has 1 aromatic rings. The minimum atomic E-state index is -0.166. The highest BCUT2D eigenvalue weighted by Crippen LogP contribution is 2.14. The van der Waals surface area contributed by atoms with Gasteiger partial charge in [0.2, 0.25) is 0 Å². The Kier molecular flexibility index (Phi) is 1.92. The van der Waals surface area contributed by atoms with Gasteiger partial charge in [-0.15, -0.1) is 0 Å². The average Bonchev–Trinajstić information content (AvgIpc) is 2.28. The van der Waals surface area contributed by atoms with Gasteiger partial charge in [0.1, 0.15) is 5.82 Å². The number of nitrogens with one attached hydrogen (secondary N) is 1. The van der Waals surface area contributed by atoms with E-state index >= 15 is 0 Å². The van der Waals surface area contributed by atoms with Gasteiger partial charge in [0.25, 0.3) is 0 Å². The van der Waals surface area contributed by atoms with Crippen LogP contribution < -0.4 is 5.32 Å². The van der Waals surface area contributed by atoms with E-state index in [1.165, 1.54) is 6.07 Å². The Morgan fingerprint density at radius 2 is 2.25 bits per heavy atom. The van der Waals surface area contributed by atoms with Crippen LogP contribution in [0, 0.1) is 5.82 Å². The number of halogens is 1. The second kappa shape index (κ2) is 3.07. The minimum absolute atomic E-state index is 0.166. The van der Waals surface area contributed by atoms with Crippen molar-refractivity contribution in [2.45, 2.75) is 6.54 Å². The summed E-state index contributed by atoms with van der Waals surface area (Å²) in [5, 5.41) is 3.21. The maximum absolute atomic E-state index is 12.8. The van der Waals surface area contributed by atoms with E-state index in [0.29, 0.717) is 0 Å². The van der Waals surface area contributed by atoms with Crippen molar-refractivity contribution in [2.24, 2.45) is 0 Å². The van der Waals surface area contributed by atoms with Crippen LogP contribution in [0.4, 0.5) is 4.39 Å². The molecule has 0 aliphatic carbocycles. The predicted molar refractivity (Wildman–Crippen MR) is 47.1 cm³/mol. The monoisotopic (exact) mass is 163 g/mol. The molecule has 62 valence electrons. The minimum Gasteiger partial charge on any atom is -0.309 e. The Hall–Kier alpha value is -1.15. The molecule has 0 atom stereocenters. The summed E-state index contributed by atoms with van der Waals surface area (Å²) in [6.07, 6.45) is 3.96. The normalized spacial score (nSPS) is 15.4. The van der Waals surface area contributed by atoms with E-state index in [9.17, 15) is 4.39 Å². The fraction of sp³-hybridized carbons (Fsp3) is 0.200. The molecular weight excluding hydrogens is 153 g/mol. The van der Waals surface area contributed by atoms with E-state index in [0.717, 1.165) is 24.2 Å². The Balaban J connectivity index is 2.47. The number of hydrogen-bond acceptors (Lipinski definition) is 1. The van der Waals surface area contributed by atoms with Crippen molar-refractivity contribution in [3.8, 4) is 0 Å². The number of hydrogen-bond donors (Lipinski definition) is 1. The zero-order valence-electron chi connectivity index (χ0n) is 6.68. The third kappa shape index (κ3) is 1.38. The summed E-state index contributed by atoms with van der Waals surface area (Å²) in [7, 11) is 0. The molecule has 0 fully saturated rings. The molecular formula is C10H10FN. The van der Waals surface area contributed by atoms with E-state index in [4.69, 9.17) is 0 Å². The third-order valence-electron chi connectivity index (χ3n) is 1.98. The first-order valence-electron chi connectivity index (χ1n) is 4.02. The van der Waals surface area contributed by atoms with Crippen LogP contribution in [0.1, 0.15) is 11.1 Å². The summed E-state index contributed by atoms with van der Waals surface area (Å²) >= 11 is 0. The summed E-state index contributed by atoms with van der Waals surface area (Å²) in [4.78, 5) is 0. The lowest BCUT2D eigenvalue weighted by Gasteiger charge is -2.02. The van der Waals surface area contributed by atoms with Gasteiger partial charge in [-0.25, -0.2) is 4.39 Å². The molecule has 0 aromatic heterocycles. The standard InChI is InChI=1S/C10H10FN/c11-10-4-3-9-7-12-5-1-2-8(9)6-10/h1-4,6,12H,5,7H2. The third-order valence-corrected chi connectivity index (χ3v) is 1.98. The van der Waals surface area contributed by atoms with Gasteiger partial charge in [0.15, 0.2) is 0 Å². The van der Waals surface area contributed by atoms with Crippen LogP contribution in [0.15, 0.2) is 24.3 Å². The molecule has 0 spiro atoms. The molecule has 2 rings (SSSR count). The fourth-order valence-corrected chi connectivity index (χ4v) is 1.36. The molecule has 0 radical (unpaired) electrons. The summed E-state index contributed by atoms with van der Waals surface area (Å²) in [5.74, 6) is -0.166. The summed E-state index contributed by atoms with van der Waals surface area (Å²) in [6.45, 7) is 1.68. The van der Waals surface area contributed by atoms with Crippen molar-refractivity contribution >= 4 is 6.08 Å². The molecule has 0 unspecified atom stereocenters. The highest BCUT2D eigenvalue weighted by atomic mass is 19.1. The summed E-state index contributed by atoms with van der Waals surface area (Å²) in [5.41, 5.74) is 2.14. The lowest BCUT2D eigenvalue weighted by molar-refractivity contribution is 0.626. The van der Waals surface area contributed by atoms with Crippen molar-refractivity contribution in [3.05, 3.63) is 41.2 Å². The van der Waals surface area contributed by atoms with Crippen LogP contribution in [0.3, 0.4) is 0 Å². The van der Waals surface area contributed by atoms with Crippen LogP contribution in [0.5, 0.6) is 0 Å². The molecule has 0 saturated heterocycles. The second-order valence-corrected chi connectivity index (χ2v) is 2.88. The first-order chi connectivity index (χ1) is 5.86. The molecule has 1 aliphatic rings. The Bertz CT molecular complexity index is 318. The van der Waals surface area contributed by atoms with E-state index < -0.39 is 0 Å². The summed E-state index contributed by atoms with van der Waals surface area (Å²) in [6, 6.07) is 4.89. The molecule has 0 saturated carbocycles. The lowest BCUT2D eigenvalue weighted by atomic mass is 10.1. The van der Waals surface area contributed by atoms with Gasteiger partial charge < -0.3 is 5.32 Å². The molecule has 0 amide bonds. The number of fused-ring (bicyclic) bond motifs is 1. The molecule has 1 aliphatic heterocycles. The van der Waals surface area contributed by atoms with Gasteiger partial charge in [-0.05, 0) is 23.3 Å². The largest absolute Gasteiger partial charge is 0.309 e. The van der Waals surface area contributed by atoms with Gasteiger partial charge in [-0.1, -0.05) is 18.2 Å². The van der Waals surface area contributed by atoms with E-state index in [2.05, 4.69) is 5.32 Å². The lowest BCUT2D eigenvalue weighted by Crippen LogP contribution is -2.11. The number of benzene rings is 1. The quantitative estimate of drug-likeness (QED) is 0.616. The Morgan fingerprint density at radius 1 is 1.33 bits per heavy atom. The van der Waals surface area contributed by atoms with Crippen LogP contribution in [0.25, 0.3) is 6.08 Å². The average molecular weight is 163 g/mol. The highest BCUT2D eigenvalue weighted by Gasteiger charge is 2.02. The smallest absolute Gasteiger partial charge is 0.123 e. The SMILES string of the molecule is Fc1ccc2c(c1)C=CCNC2. The van der Waals surface area contributed by atoms with Gasteiger partial charge in [0.05, 0.1) is 0 Å². The summed E-state index contributed by atoms with van der Waals surface area (Å²) < 4.78 is 12.8. The van der Waals surface area contributed by atoms with Crippen LogP contribution in [-0.4, -0.2) is 6.54 Å². The van der Waals surface area contributed by atoms with Gasteiger partial charge in [0, 0.05) is 13.1 Å². The van der Waals surface area contributed by atoms with Gasteiger partial charge in [-0.3, -0.25) is 0 Å². The Labute approximate surface area is 70.9 Å². The van der Waals surface area contributed by atoms with Gasteiger partial charge >= 0.3 is 0 Å². The Morgan fingerprint density at radius 3 is 3.17 bits per heavy atom. The van der Waals surface area contributed by atoms with Crippen molar-refractivity contribution in [3.63, 3.8) is 0 Å². The van der Waals surface area contributed by atoms with E-state index in [1.54, 1.807) is 6.07 Å². The van der Waals surface area contributed by atoms with Crippen LogP contribution >= 0.6 is 0 Å². The van der Waals surface area contributed by atoms with Crippen molar-refractivity contribution in [2.75, 3.05) is 6.54 Å². The molecule has 12 heavy (non-hydrogen) atoms. The van der Waals surface area contributed by atoms with Crippen molar-refractivity contribution in [1.29, 1.82) is 0 Å². The van der Waals surface area contributed by atoms with E-state index in [-0.39, 0.29) is 5.82 Å².